The van der Waals surface area contributed by atoms with E-state index < -0.39 is 6.10 Å². The molecule has 52 valence electrons. The molecule has 0 saturated carbocycles. The van der Waals surface area contributed by atoms with Gasteiger partial charge in [0.2, 0.25) is 5.91 Å². The molecule has 0 aliphatic carbocycles. The Hall–Kier alpha value is -1.09. The van der Waals surface area contributed by atoms with Gasteiger partial charge >= 0.3 is 0 Å². The third kappa shape index (κ3) is 0.552. The van der Waals surface area contributed by atoms with Crippen LogP contribution in [0.25, 0.3) is 0 Å². The minimum atomic E-state index is -0.581. The van der Waals surface area contributed by atoms with E-state index in [9.17, 15) is 9.90 Å². The van der Waals surface area contributed by atoms with Gasteiger partial charge in [0.05, 0.1) is 12.1 Å². The molecule has 3 nitrogen and oxygen atoms in total. The summed E-state index contributed by atoms with van der Waals surface area (Å²) in [5.74, 6) is -0.0208. The zero-order valence-corrected chi connectivity index (χ0v) is 5.32. The first kappa shape index (κ1) is 5.68. The van der Waals surface area contributed by atoms with Gasteiger partial charge in [-0.15, -0.1) is 0 Å². The van der Waals surface area contributed by atoms with Gasteiger partial charge in [0, 0.05) is 6.20 Å². The summed E-state index contributed by atoms with van der Waals surface area (Å²) < 4.78 is 1.49. The van der Waals surface area contributed by atoms with Crippen molar-refractivity contribution in [2.75, 3.05) is 0 Å². The highest BCUT2D eigenvalue weighted by Gasteiger charge is 2.25. The van der Waals surface area contributed by atoms with Crippen LogP contribution in [-0.2, 0) is 0 Å². The van der Waals surface area contributed by atoms with Gasteiger partial charge in [0.15, 0.2) is 0 Å². The first-order chi connectivity index (χ1) is 4.79. The van der Waals surface area contributed by atoms with Gasteiger partial charge in [-0.1, -0.05) is 0 Å². The van der Waals surface area contributed by atoms with E-state index in [2.05, 4.69) is 0 Å². The molecule has 0 fully saturated rings. The lowest BCUT2D eigenvalue weighted by atomic mass is 10.2. The first-order valence-electron chi connectivity index (χ1n) is 3.17. The zero-order valence-electron chi connectivity index (χ0n) is 5.32. The summed E-state index contributed by atoms with van der Waals surface area (Å²) in [6.07, 6.45) is 1.33. The minimum Gasteiger partial charge on any atom is -0.386 e. The van der Waals surface area contributed by atoms with Crippen LogP contribution >= 0.6 is 0 Å². The molecule has 2 heterocycles. The van der Waals surface area contributed by atoms with Crippen molar-refractivity contribution in [3.63, 3.8) is 0 Å². The molecular formula is C7H7NO2. The van der Waals surface area contributed by atoms with Gasteiger partial charge < -0.3 is 5.11 Å². The Bertz CT molecular complexity index is 277. The molecule has 1 N–H and O–H groups in total. The van der Waals surface area contributed by atoms with E-state index in [4.69, 9.17) is 0 Å². The smallest absolute Gasteiger partial charge is 0.233 e. The number of aliphatic hydroxyl groups excluding tert-OH is 1. The van der Waals surface area contributed by atoms with Crippen LogP contribution in [0.3, 0.4) is 0 Å². The van der Waals surface area contributed by atoms with Gasteiger partial charge in [0.25, 0.3) is 0 Å². The van der Waals surface area contributed by atoms with Crippen LogP contribution < -0.4 is 0 Å². The highest BCUT2D eigenvalue weighted by Crippen LogP contribution is 2.24. The molecule has 1 unspecified atom stereocenters. The second-order valence-electron chi connectivity index (χ2n) is 2.42. The second-order valence-corrected chi connectivity index (χ2v) is 2.42. The molecule has 3 heteroatoms. The van der Waals surface area contributed by atoms with Crippen molar-refractivity contribution >= 4 is 5.91 Å². The number of fused-ring (bicyclic) bond motifs is 1. The average molecular weight is 137 g/mol. The predicted octanol–water partition coefficient (Wildman–Crippen LogP) is 0.565. The van der Waals surface area contributed by atoms with E-state index in [1.54, 1.807) is 18.3 Å². The third-order valence-corrected chi connectivity index (χ3v) is 1.76. The van der Waals surface area contributed by atoms with E-state index in [0.717, 1.165) is 0 Å². The Balaban J connectivity index is 2.58. The van der Waals surface area contributed by atoms with Crippen molar-refractivity contribution in [2.24, 2.45) is 0 Å². The highest BCUT2D eigenvalue weighted by molar-refractivity contribution is 5.83. The normalized spacial score (nSPS) is 23.3. The van der Waals surface area contributed by atoms with Crippen LogP contribution in [0, 0.1) is 0 Å². The van der Waals surface area contributed by atoms with Crippen molar-refractivity contribution in [2.45, 2.75) is 12.5 Å². The van der Waals surface area contributed by atoms with Gasteiger partial charge in [-0.3, -0.25) is 9.36 Å². The molecule has 1 aromatic heterocycles. The summed E-state index contributed by atoms with van der Waals surface area (Å²) in [6.45, 7) is 0. The molecule has 1 aromatic rings. The monoisotopic (exact) mass is 137 g/mol. The van der Waals surface area contributed by atoms with Gasteiger partial charge in [-0.25, -0.2) is 0 Å². The van der Waals surface area contributed by atoms with Crippen molar-refractivity contribution in [3.05, 3.63) is 24.0 Å². The number of aromatic nitrogens is 1. The lowest BCUT2D eigenvalue weighted by Crippen LogP contribution is -2.00. The van der Waals surface area contributed by atoms with Crippen molar-refractivity contribution in [1.29, 1.82) is 0 Å². The molecule has 2 rings (SSSR count). The average Bonchev–Trinajstić information content (AvgIpc) is 2.39. The maximum Gasteiger partial charge on any atom is 0.233 e. The van der Waals surface area contributed by atoms with E-state index >= 15 is 0 Å². The van der Waals surface area contributed by atoms with Crippen molar-refractivity contribution in [1.82, 2.24) is 4.57 Å². The van der Waals surface area contributed by atoms with Crippen LogP contribution in [0.2, 0.25) is 0 Å². The number of nitrogens with zero attached hydrogens (tertiary/aromatic N) is 1. The maximum absolute atomic E-state index is 10.9. The first-order valence-corrected chi connectivity index (χ1v) is 3.17. The number of hydrogen-bond acceptors (Lipinski definition) is 2. The molecule has 0 radical (unpaired) electrons. The summed E-state index contributed by atoms with van der Waals surface area (Å²) in [5.41, 5.74) is 0.713. The van der Waals surface area contributed by atoms with Gasteiger partial charge in [-0.05, 0) is 12.1 Å². The van der Waals surface area contributed by atoms with E-state index in [1.807, 2.05) is 0 Å². The summed E-state index contributed by atoms with van der Waals surface area (Å²) in [6, 6.07) is 3.52. The topological polar surface area (TPSA) is 42.2 Å². The summed E-state index contributed by atoms with van der Waals surface area (Å²) in [4.78, 5) is 10.9. The largest absolute Gasteiger partial charge is 0.386 e. The Kier molecular flexibility index (Phi) is 0.964. The van der Waals surface area contributed by atoms with E-state index in [1.165, 1.54) is 4.57 Å². The number of carbonyl (C=O) groups is 1. The van der Waals surface area contributed by atoms with Crippen molar-refractivity contribution < 1.29 is 9.90 Å². The number of rotatable bonds is 0. The highest BCUT2D eigenvalue weighted by atomic mass is 16.3. The number of hydrogen-bond donors (Lipinski definition) is 1. The molecule has 0 aromatic carbocycles. The standard InChI is InChI=1S/C7H7NO2/c9-6-4-7(10)8-3-1-2-5(6)8/h1-3,6,9H,4H2. The predicted molar refractivity (Wildman–Crippen MR) is 34.6 cm³/mol. The maximum atomic E-state index is 10.9. The molecule has 1 aliphatic rings. The number of carbonyl (C=O) groups excluding carboxylic acids is 1. The van der Waals surface area contributed by atoms with E-state index in [-0.39, 0.29) is 12.3 Å². The summed E-state index contributed by atoms with van der Waals surface area (Å²) in [5, 5.41) is 9.20. The quantitative estimate of drug-likeness (QED) is 0.567. The fourth-order valence-corrected chi connectivity index (χ4v) is 1.26. The van der Waals surface area contributed by atoms with Crippen LogP contribution in [0.1, 0.15) is 23.0 Å². The molecule has 1 aliphatic heterocycles. The molecule has 0 saturated heterocycles. The molecule has 0 amide bonds. The fourth-order valence-electron chi connectivity index (χ4n) is 1.26. The van der Waals surface area contributed by atoms with Gasteiger partial charge in [-0.2, -0.15) is 0 Å². The Labute approximate surface area is 57.9 Å². The molecule has 0 bridgehead atoms. The van der Waals surface area contributed by atoms with Gasteiger partial charge in [0.1, 0.15) is 6.10 Å². The molecule has 0 spiro atoms. The Morgan fingerprint density at radius 3 is 3.20 bits per heavy atom. The van der Waals surface area contributed by atoms with Crippen molar-refractivity contribution in [3.8, 4) is 0 Å². The van der Waals surface area contributed by atoms with Crippen LogP contribution in [0.5, 0.6) is 0 Å². The SMILES string of the molecule is O=C1CC(O)c2cccn21. The summed E-state index contributed by atoms with van der Waals surface area (Å²) >= 11 is 0. The summed E-state index contributed by atoms with van der Waals surface area (Å²) in [7, 11) is 0. The lowest BCUT2D eigenvalue weighted by molar-refractivity contribution is 0.0879. The molecular weight excluding hydrogens is 130 g/mol. The fraction of sp³-hybridized carbons (Fsp3) is 0.286. The third-order valence-electron chi connectivity index (χ3n) is 1.76. The van der Waals surface area contributed by atoms with Crippen LogP contribution in [-0.4, -0.2) is 15.6 Å². The molecule has 1 atom stereocenters. The zero-order chi connectivity index (χ0) is 7.14. The second kappa shape index (κ2) is 1.70. The number of aliphatic hydroxyl groups is 1. The van der Waals surface area contributed by atoms with E-state index in [0.29, 0.717) is 5.69 Å². The Morgan fingerprint density at radius 1 is 1.70 bits per heavy atom. The minimum absolute atomic E-state index is 0.0208. The lowest BCUT2D eigenvalue weighted by Gasteiger charge is -1.94. The Morgan fingerprint density at radius 2 is 2.50 bits per heavy atom. The van der Waals surface area contributed by atoms with Crippen LogP contribution in [0.15, 0.2) is 18.3 Å². The molecule has 10 heavy (non-hydrogen) atoms. The van der Waals surface area contributed by atoms with Crippen LogP contribution in [0.4, 0.5) is 0 Å².